The highest BCUT2D eigenvalue weighted by Crippen LogP contribution is 2.09. The molecular weight excluding hydrogens is 507 g/mol. The fourth-order valence-corrected chi connectivity index (χ4v) is 3.41. The Hall–Kier alpha value is -2.14. The molecule has 1 aromatic carbocycles. The SMILES string of the molecule is CCC(C)NC(=O)c1cccc(CNC(=NC)N2CCN(Cc3ccon3)CC2)c1.I. The maximum atomic E-state index is 12.4. The fourth-order valence-electron chi connectivity index (χ4n) is 3.41. The molecule has 3 rings (SSSR count). The first-order valence-corrected chi connectivity index (χ1v) is 10.6. The zero-order valence-corrected chi connectivity index (χ0v) is 20.8. The zero-order chi connectivity index (χ0) is 21.3. The Kier molecular flexibility index (Phi) is 10.3. The summed E-state index contributed by atoms with van der Waals surface area (Å²) in [4.78, 5) is 21.4. The third-order valence-electron chi connectivity index (χ3n) is 5.39. The largest absolute Gasteiger partial charge is 0.364 e. The molecular formula is C22H33IN6O2. The molecule has 1 unspecified atom stereocenters. The molecule has 2 heterocycles. The van der Waals surface area contributed by atoms with E-state index >= 15 is 0 Å². The number of amides is 1. The molecule has 2 N–H and O–H groups in total. The summed E-state index contributed by atoms with van der Waals surface area (Å²) >= 11 is 0. The standard InChI is InChI=1S/C22H32N6O2.HI/c1-4-17(2)25-21(29)19-7-5-6-18(14-19)15-24-22(23-3)28-11-9-27(10-12-28)16-20-8-13-30-26-20;/h5-8,13-14,17H,4,9-12,15-16H2,1-3H3,(H,23,24)(H,25,29);1H. The number of piperazine rings is 1. The Bertz CT molecular complexity index is 834. The Morgan fingerprint density at radius 2 is 2.03 bits per heavy atom. The molecule has 9 heteroatoms. The second-order valence-corrected chi connectivity index (χ2v) is 7.64. The fraction of sp³-hybridized carbons (Fsp3) is 0.500. The van der Waals surface area contributed by atoms with E-state index in [1.807, 2.05) is 37.3 Å². The quantitative estimate of drug-likeness (QED) is 0.319. The van der Waals surface area contributed by atoms with Crippen molar-refractivity contribution in [3.63, 3.8) is 0 Å². The summed E-state index contributed by atoms with van der Waals surface area (Å²) in [6.45, 7) is 9.18. The molecule has 8 nitrogen and oxygen atoms in total. The van der Waals surface area contributed by atoms with Gasteiger partial charge in [-0.15, -0.1) is 24.0 Å². The minimum absolute atomic E-state index is 0. The predicted molar refractivity (Wildman–Crippen MR) is 133 cm³/mol. The topological polar surface area (TPSA) is 86.0 Å². The van der Waals surface area contributed by atoms with Crippen LogP contribution in [-0.2, 0) is 13.1 Å². The van der Waals surface area contributed by atoms with Crippen LogP contribution in [0.1, 0.15) is 41.9 Å². The smallest absolute Gasteiger partial charge is 0.251 e. The lowest BCUT2D eigenvalue weighted by Gasteiger charge is -2.36. The van der Waals surface area contributed by atoms with Gasteiger partial charge in [0.1, 0.15) is 6.26 Å². The van der Waals surface area contributed by atoms with Gasteiger partial charge in [0.25, 0.3) is 5.91 Å². The van der Waals surface area contributed by atoms with E-state index in [4.69, 9.17) is 4.52 Å². The first-order chi connectivity index (χ1) is 14.6. The van der Waals surface area contributed by atoms with Gasteiger partial charge in [0.05, 0.1) is 5.69 Å². The van der Waals surface area contributed by atoms with Crippen LogP contribution in [0.25, 0.3) is 0 Å². The van der Waals surface area contributed by atoms with E-state index in [1.165, 1.54) is 0 Å². The normalized spacial score (nSPS) is 15.8. The van der Waals surface area contributed by atoms with E-state index in [9.17, 15) is 4.79 Å². The number of guanidine groups is 1. The molecule has 1 saturated heterocycles. The van der Waals surface area contributed by atoms with Crippen molar-refractivity contribution in [2.75, 3.05) is 33.2 Å². The summed E-state index contributed by atoms with van der Waals surface area (Å²) in [5, 5.41) is 10.4. The van der Waals surface area contributed by atoms with Crippen LogP contribution in [-0.4, -0.2) is 66.1 Å². The van der Waals surface area contributed by atoms with E-state index in [0.29, 0.717) is 12.1 Å². The molecule has 0 spiro atoms. The monoisotopic (exact) mass is 540 g/mol. The minimum atomic E-state index is -0.0289. The van der Waals surface area contributed by atoms with Gasteiger partial charge in [-0.2, -0.15) is 0 Å². The number of aromatic nitrogens is 1. The van der Waals surface area contributed by atoms with Gasteiger partial charge in [-0.3, -0.25) is 14.7 Å². The van der Waals surface area contributed by atoms with Crippen molar-refractivity contribution in [3.05, 3.63) is 53.4 Å². The Morgan fingerprint density at radius 3 is 2.68 bits per heavy atom. The highest BCUT2D eigenvalue weighted by molar-refractivity contribution is 14.0. The molecule has 1 aliphatic heterocycles. The van der Waals surface area contributed by atoms with Gasteiger partial charge >= 0.3 is 0 Å². The summed E-state index contributed by atoms with van der Waals surface area (Å²) < 4.78 is 4.91. The lowest BCUT2D eigenvalue weighted by molar-refractivity contribution is 0.0939. The van der Waals surface area contributed by atoms with Gasteiger partial charge in [0.2, 0.25) is 0 Å². The van der Waals surface area contributed by atoms with Crippen LogP contribution in [0, 0.1) is 0 Å². The molecule has 0 radical (unpaired) electrons. The third kappa shape index (κ3) is 7.49. The van der Waals surface area contributed by atoms with Gasteiger partial charge in [-0.1, -0.05) is 24.2 Å². The van der Waals surface area contributed by atoms with Crippen molar-refractivity contribution in [1.82, 2.24) is 25.6 Å². The molecule has 1 atom stereocenters. The number of rotatable bonds is 7. The van der Waals surface area contributed by atoms with Gasteiger partial charge in [0.15, 0.2) is 5.96 Å². The molecule has 1 amide bonds. The van der Waals surface area contributed by atoms with Crippen LogP contribution >= 0.6 is 24.0 Å². The number of benzene rings is 1. The lowest BCUT2D eigenvalue weighted by Crippen LogP contribution is -2.52. The molecule has 31 heavy (non-hydrogen) atoms. The lowest BCUT2D eigenvalue weighted by atomic mass is 10.1. The Balaban J connectivity index is 0.00000341. The Morgan fingerprint density at radius 1 is 1.26 bits per heavy atom. The van der Waals surface area contributed by atoms with Crippen molar-refractivity contribution in [2.45, 2.75) is 39.4 Å². The summed E-state index contributed by atoms with van der Waals surface area (Å²) in [7, 11) is 1.81. The highest BCUT2D eigenvalue weighted by atomic mass is 127. The number of hydrogen-bond acceptors (Lipinski definition) is 5. The van der Waals surface area contributed by atoms with E-state index in [1.54, 1.807) is 13.3 Å². The summed E-state index contributed by atoms with van der Waals surface area (Å²) in [6.07, 6.45) is 2.52. The van der Waals surface area contributed by atoms with Crippen molar-refractivity contribution < 1.29 is 9.32 Å². The molecule has 0 saturated carbocycles. The molecule has 1 fully saturated rings. The number of nitrogens with zero attached hydrogens (tertiary/aromatic N) is 4. The van der Waals surface area contributed by atoms with Gasteiger partial charge in [-0.25, -0.2) is 0 Å². The first kappa shape index (κ1) is 25.1. The van der Waals surface area contributed by atoms with Crippen LogP contribution in [0.2, 0.25) is 0 Å². The second kappa shape index (κ2) is 12.7. The van der Waals surface area contributed by atoms with Crippen molar-refractivity contribution >= 4 is 35.8 Å². The summed E-state index contributed by atoms with van der Waals surface area (Å²) in [5.41, 5.74) is 2.70. The van der Waals surface area contributed by atoms with Crippen LogP contribution in [0.15, 0.2) is 46.1 Å². The molecule has 0 bridgehead atoms. The van der Waals surface area contributed by atoms with E-state index < -0.39 is 0 Å². The molecule has 0 aliphatic carbocycles. The first-order valence-electron chi connectivity index (χ1n) is 10.6. The molecule has 2 aromatic rings. The number of halogens is 1. The number of carbonyl (C=O) groups excluding carboxylic acids is 1. The Labute approximate surface area is 201 Å². The van der Waals surface area contributed by atoms with Crippen LogP contribution in [0.5, 0.6) is 0 Å². The van der Waals surface area contributed by atoms with Gasteiger partial charge < -0.3 is 20.1 Å². The molecule has 170 valence electrons. The van der Waals surface area contributed by atoms with Gasteiger partial charge in [0, 0.05) is 64.0 Å². The number of nitrogens with one attached hydrogen (secondary N) is 2. The maximum Gasteiger partial charge on any atom is 0.251 e. The van der Waals surface area contributed by atoms with E-state index in [0.717, 1.165) is 56.4 Å². The van der Waals surface area contributed by atoms with Crippen LogP contribution in [0.4, 0.5) is 0 Å². The second-order valence-electron chi connectivity index (χ2n) is 7.64. The van der Waals surface area contributed by atoms with Crippen LogP contribution in [0.3, 0.4) is 0 Å². The average molecular weight is 540 g/mol. The number of carbonyl (C=O) groups is 1. The molecule has 1 aromatic heterocycles. The van der Waals surface area contributed by atoms with E-state index in [2.05, 4.69) is 37.5 Å². The predicted octanol–water partition coefficient (Wildman–Crippen LogP) is 2.71. The van der Waals surface area contributed by atoms with Gasteiger partial charge in [-0.05, 0) is 31.0 Å². The third-order valence-corrected chi connectivity index (χ3v) is 5.39. The maximum absolute atomic E-state index is 12.4. The molecule has 1 aliphatic rings. The minimum Gasteiger partial charge on any atom is -0.364 e. The summed E-state index contributed by atoms with van der Waals surface area (Å²) in [6, 6.07) is 9.81. The van der Waals surface area contributed by atoms with Crippen molar-refractivity contribution in [3.8, 4) is 0 Å². The van der Waals surface area contributed by atoms with Crippen molar-refractivity contribution in [1.29, 1.82) is 0 Å². The van der Waals surface area contributed by atoms with Crippen LogP contribution < -0.4 is 10.6 Å². The van der Waals surface area contributed by atoms with Crippen molar-refractivity contribution in [2.24, 2.45) is 4.99 Å². The van der Waals surface area contributed by atoms with E-state index in [-0.39, 0.29) is 35.9 Å². The number of aliphatic imine (C=N–C) groups is 1. The summed E-state index contributed by atoms with van der Waals surface area (Å²) in [5.74, 6) is 0.851. The zero-order valence-electron chi connectivity index (χ0n) is 18.5. The average Bonchev–Trinajstić information content (AvgIpc) is 3.28. The highest BCUT2D eigenvalue weighted by Gasteiger charge is 2.20. The number of hydrogen-bond donors (Lipinski definition) is 2.